The van der Waals surface area contributed by atoms with Crippen molar-refractivity contribution in [1.82, 2.24) is 9.29 Å². The lowest BCUT2D eigenvalue weighted by Gasteiger charge is -2.31. The number of hydrogen-bond donors (Lipinski definition) is 1. The van der Waals surface area contributed by atoms with E-state index in [2.05, 4.69) is 10.3 Å². The van der Waals surface area contributed by atoms with Crippen LogP contribution in [0.4, 0.5) is 18.9 Å². The molecule has 6 nitrogen and oxygen atoms in total. The SMILES string of the molecule is N#Cc1cc(NCC2CCN(S(=O)(=O)C(F)(F)F)CC2)c2ccccc2n1. The number of piperidine rings is 1. The summed E-state index contributed by atoms with van der Waals surface area (Å²) >= 11 is 0. The Balaban J connectivity index is 1.66. The van der Waals surface area contributed by atoms with Crippen molar-refractivity contribution in [3.63, 3.8) is 0 Å². The fraction of sp³-hybridized carbons (Fsp3) is 0.412. The molecule has 27 heavy (non-hydrogen) atoms. The van der Waals surface area contributed by atoms with Gasteiger partial charge in [-0.15, -0.1) is 0 Å². The van der Waals surface area contributed by atoms with Crippen molar-refractivity contribution < 1.29 is 21.6 Å². The molecule has 0 radical (unpaired) electrons. The van der Waals surface area contributed by atoms with Crippen LogP contribution in [-0.4, -0.2) is 42.8 Å². The number of fused-ring (bicyclic) bond motifs is 1. The summed E-state index contributed by atoms with van der Waals surface area (Å²) in [6, 6.07) is 11.0. The first kappa shape index (κ1) is 19.4. The van der Waals surface area contributed by atoms with Gasteiger partial charge in [-0.1, -0.05) is 18.2 Å². The van der Waals surface area contributed by atoms with E-state index in [4.69, 9.17) is 5.26 Å². The van der Waals surface area contributed by atoms with E-state index in [0.717, 1.165) is 11.1 Å². The molecule has 2 aromatic rings. The Morgan fingerprint density at radius 1 is 1.26 bits per heavy atom. The highest BCUT2D eigenvalue weighted by Crippen LogP contribution is 2.31. The van der Waals surface area contributed by atoms with E-state index in [1.807, 2.05) is 24.3 Å². The summed E-state index contributed by atoms with van der Waals surface area (Å²) in [5.41, 5.74) is -3.60. The van der Waals surface area contributed by atoms with Crippen LogP contribution < -0.4 is 5.32 Å². The van der Waals surface area contributed by atoms with Gasteiger partial charge in [0.2, 0.25) is 0 Å². The van der Waals surface area contributed by atoms with Crippen molar-refractivity contribution in [2.75, 3.05) is 25.0 Å². The number of nitriles is 1. The second-order valence-electron chi connectivity index (χ2n) is 6.36. The lowest BCUT2D eigenvalue weighted by Crippen LogP contribution is -2.45. The molecule has 1 N–H and O–H groups in total. The Morgan fingerprint density at radius 3 is 2.56 bits per heavy atom. The number of nitrogens with zero attached hydrogens (tertiary/aromatic N) is 3. The maximum Gasteiger partial charge on any atom is 0.511 e. The Hall–Kier alpha value is -2.38. The van der Waals surface area contributed by atoms with E-state index in [9.17, 15) is 21.6 Å². The summed E-state index contributed by atoms with van der Waals surface area (Å²) in [6.07, 6.45) is 0.660. The lowest BCUT2D eigenvalue weighted by atomic mass is 9.98. The predicted octanol–water partition coefficient (Wildman–Crippen LogP) is 3.08. The van der Waals surface area contributed by atoms with Crippen LogP contribution in [0.3, 0.4) is 0 Å². The normalized spacial score (nSPS) is 17.0. The number of rotatable bonds is 4. The quantitative estimate of drug-likeness (QED) is 0.855. The number of aromatic nitrogens is 1. The number of sulfonamides is 1. The first-order chi connectivity index (χ1) is 12.7. The van der Waals surface area contributed by atoms with E-state index >= 15 is 0 Å². The fourth-order valence-electron chi connectivity index (χ4n) is 3.13. The van der Waals surface area contributed by atoms with Crippen LogP contribution in [0, 0.1) is 17.2 Å². The van der Waals surface area contributed by atoms with Crippen molar-refractivity contribution >= 4 is 26.6 Å². The number of benzene rings is 1. The highest BCUT2D eigenvalue weighted by atomic mass is 32.2. The van der Waals surface area contributed by atoms with Crippen LogP contribution in [0.25, 0.3) is 10.9 Å². The molecule has 0 spiro atoms. The molecule has 2 heterocycles. The molecular formula is C17H17F3N4O2S. The maximum absolute atomic E-state index is 12.6. The van der Waals surface area contributed by atoms with Gasteiger partial charge in [-0.3, -0.25) is 0 Å². The van der Waals surface area contributed by atoms with Gasteiger partial charge in [0, 0.05) is 30.7 Å². The van der Waals surface area contributed by atoms with E-state index < -0.39 is 15.5 Å². The smallest absolute Gasteiger partial charge is 0.384 e. The Bertz CT molecular complexity index is 978. The molecule has 144 valence electrons. The van der Waals surface area contributed by atoms with E-state index in [0.29, 0.717) is 29.2 Å². The second-order valence-corrected chi connectivity index (χ2v) is 8.29. The molecule has 0 bridgehead atoms. The third kappa shape index (κ3) is 3.99. The Kier molecular flexibility index (Phi) is 5.26. The molecular weight excluding hydrogens is 381 g/mol. The van der Waals surface area contributed by atoms with Crippen molar-refractivity contribution in [1.29, 1.82) is 5.26 Å². The molecule has 1 aliphatic rings. The summed E-state index contributed by atoms with van der Waals surface area (Å²) in [7, 11) is -5.26. The van der Waals surface area contributed by atoms with Gasteiger partial charge < -0.3 is 5.32 Å². The molecule has 1 saturated heterocycles. The van der Waals surface area contributed by atoms with E-state index in [1.54, 1.807) is 12.1 Å². The van der Waals surface area contributed by atoms with Gasteiger partial charge in [-0.2, -0.15) is 22.7 Å². The molecule has 3 rings (SSSR count). The average Bonchev–Trinajstić information content (AvgIpc) is 2.65. The molecule has 1 aliphatic heterocycles. The van der Waals surface area contributed by atoms with Gasteiger partial charge in [0.05, 0.1) is 5.52 Å². The monoisotopic (exact) mass is 398 g/mol. The number of halogens is 3. The third-order valence-electron chi connectivity index (χ3n) is 4.62. The first-order valence-corrected chi connectivity index (χ1v) is 9.76. The Morgan fingerprint density at radius 2 is 1.93 bits per heavy atom. The molecule has 10 heteroatoms. The van der Waals surface area contributed by atoms with Gasteiger partial charge in [-0.25, -0.2) is 13.4 Å². The Labute approximate surface area is 154 Å². The zero-order valence-electron chi connectivity index (χ0n) is 14.2. The van der Waals surface area contributed by atoms with Crippen LogP contribution in [-0.2, 0) is 10.0 Å². The summed E-state index contributed by atoms with van der Waals surface area (Å²) < 4.78 is 61.3. The van der Waals surface area contributed by atoms with Crippen LogP contribution in [0.1, 0.15) is 18.5 Å². The summed E-state index contributed by atoms with van der Waals surface area (Å²) in [6.45, 7) is 0.155. The van der Waals surface area contributed by atoms with Gasteiger partial charge in [0.25, 0.3) is 0 Å². The minimum Gasteiger partial charge on any atom is -0.384 e. The molecule has 1 aromatic heterocycles. The van der Waals surface area contributed by atoms with Crippen molar-refractivity contribution in [3.05, 3.63) is 36.0 Å². The molecule has 0 aliphatic carbocycles. The van der Waals surface area contributed by atoms with E-state index in [1.165, 1.54) is 0 Å². The highest BCUT2D eigenvalue weighted by molar-refractivity contribution is 7.90. The van der Waals surface area contributed by atoms with Gasteiger partial charge >= 0.3 is 15.5 Å². The van der Waals surface area contributed by atoms with Gasteiger partial charge in [-0.05, 0) is 30.9 Å². The van der Waals surface area contributed by atoms with Crippen LogP contribution in [0.15, 0.2) is 30.3 Å². The topological polar surface area (TPSA) is 86.1 Å². The van der Waals surface area contributed by atoms with Crippen LogP contribution in [0.2, 0.25) is 0 Å². The molecule has 0 unspecified atom stereocenters. The van der Waals surface area contributed by atoms with Crippen LogP contribution in [0.5, 0.6) is 0 Å². The minimum absolute atomic E-state index is 0.0298. The molecule has 0 saturated carbocycles. The number of alkyl halides is 3. The number of pyridine rings is 1. The third-order valence-corrected chi connectivity index (χ3v) is 6.25. The first-order valence-electron chi connectivity index (χ1n) is 8.32. The summed E-state index contributed by atoms with van der Waals surface area (Å²) in [4.78, 5) is 4.23. The zero-order chi connectivity index (χ0) is 19.7. The number of anilines is 1. The zero-order valence-corrected chi connectivity index (χ0v) is 15.0. The van der Waals surface area contributed by atoms with Crippen LogP contribution >= 0.6 is 0 Å². The fourth-order valence-corrected chi connectivity index (χ4v) is 4.12. The number of nitrogens with one attached hydrogen (secondary N) is 1. The predicted molar refractivity (Wildman–Crippen MR) is 94.2 cm³/mol. The number of para-hydroxylation sites is 1. The summed E-state index contributed by atoms with van der Waals surface area (Å²) in [5, 5.41) is 13.2. The number of hydrogen-bond acceptors (Lipinski definition) is 5. The molecule has 1 aromatic carbocycles. The van der Waals surface area contributed by atoms with E-state index in [-0.39, 0.29) is 24.7 Å². The van der Waals surface area contributed by atoms with Gasteiger partial charge in [0.15, 0.2) is 0 Å². The van der Waals surface area contributed by atoms with Crippen molar-refractivity contribution in [2.45, 2.75) is 18.3 Å². The second kappa shape index (κ2) is 7.32. The van der Waals surface area contributed by atoms with Crippen molar-refractivity contribution in [3.8, 4) is 6.07 Å². The largest absolute Gasteiger partial charge is 0.511 e. The average molecular weight is 398 g/mol. The minimum atomic E-state index is -5.26. The summed E-state index contributed by atoms with van der Waals surface area (Å²) in [5.74, 6) is 0.0298. The lowest BCUT2D eigenvalue weighted by molar-refractivity contribution is -0.0496. The molecule has 1 fully saturated rings. The standard InChI is InChI=1S/C17H17F3N4O2S/c18-17(19,20)27(25,26)24-7-5-12(6-8-24)11-22-16-9-13(10-21)23-15-4-2-1-3-14(15)16/h1-4,9,12H,5-8,11H2,(H,22,23). The highest BCUT2D eigenvalue weighted by Gasteiger charge is 2.50. The van der Waals surface area contributed by atoms with Crippen molar-refractivity contribution in [2.24, 2.45) is 5.92 Å². The maximum atomic E-state index is 12.6. The molecule has 0 amide bonds. The van der Waals surface area contributed by atoms with Gasteiger partial charge in [0.1, 0.15) is 11.8 Å². The molecule has 0 atom stereocenters.